The van der Waals surface area contributed by atoms with Crippen LogP contribution >= 0.6 is 0 Å². The number of amides is 1. The molecule has 17 heavy (non-hydrogen) atoms. The molecule has 1 heterocycles. The molecule has 0 aromatic rings. The van der Waals surface area contributed by atoms with Crippen molar-refractivity contribution < 1.29 is 14.6 Å². The maximum absolute atomic E-state index is 11.5. The number of aliphatic hydroxyl groups is 1. The monoisotopic (exact) mass is 242 g/mol. The predicted octanol–water partition coefficient (Wildman–Crippen LogP) is 0.986. The molecule has 1 saturated heterocycles. The molecule has 98 valence electrons. The highest BCUT2D eigenvalue weighted by molar-refractivity contribution is 5.67. The average molecular weight is 242 g/mol. The molecule has 2 N–H and O–H groups in total. The lowest BCUT2D eigenvalue weighted by Gasteiger charge is -2.24. The molecule has 0 bridgehead atoms. The van der Waals surface area contributed by atoms with Crippen molar-refractivity contribution >= 4 is 6.09 Å². The molecule has 2 aliphatic rings. The van der Waals surface area contributed by atoms with Crippen LogP contribution in [0.1, 0.15) is 27.2 Å². The van der Waals surface area contributed by atoms with Gasteiger partial charge in [0, 0.05) is 19.7 Å². The molecule has 1 aliphatic heterocycles. The summed E-state index contributed by atoms with van der Waals surface area (Å²) in [6.07, 6.45) is 0.521. The minimum Gasteiger partial charge on any atom is -0.443 e. The summed E-state index contributed by atoms with van der Waals surface area (Å²) < 4.78 is 5.19. The highest BCUT2D eigenvalue weighted by Crippen LogP contribution is 2.52. The smallest absolute Gasteiger partial charge is 0.422 e. The van der Waals surface area contributed by atoms with E-state index >= 15 is 0 Å². The van der Waals surface area contributed by atoms with Crippen molar-refractivity contribution in [1.29, 1.82) is 0 Å². The molecule has 0 aromatic heterocycles. The maximum atomic E-state index is 11.5. The Labute approximate surface area is 102 Å². The van der Waals surface area contributed by atoms with E-state index in [1.807, 2.05) is 25.8 Å². The number of fused-ring (bicyclic) bond motifs is 1. The van der Waals surface area contributed by atoms with Crippen LogP contribution < -0.4 is 5.43 Å². The van der Waals surface area contributed by atoms with E-state index < -0.39 is 5.60 Å². The number of nitrogens with zero attached hydrogens (tertiary/aromatic N) is 1. The van der Waals surface area contributed by atoms with E-state index in [1.54, 1.807) is 0 Å². The lowest BCUT2D eigenvalue weighted by molar-refractivity contribution is 0.0340. The zero-order chi connectivity index (χ0) is 12.6. The molecule has 0 aromatic carbocycles. The van der Waals surface area contributed by atoms with Gasteiger partial charge in [0.25, 0.3) is 0 Å². The van der Waals surface area contributed by atoms with Crippen molar-refractivity contribution in [3.05, 3.63) is 0 Å². The van der Waals surface area contributed by atoms with Gasteiger partial charge in [-0.2, -0.15) is 0 Å². The lowest BCUT2D eigenvalue weighted by Crippen LogP contribution is -2.44. The first-order valence-corrected chi connectivity index (χ1v) is 6.26. The van der Waals surface area contributed by atoms with Gasteiger partial charge in [0.05, 0.1) is 0 Å². The standard InChI is InChI=1S/C12H22N2O3/c1-12(2,3)17-11(16)13-14-6-9-8(4-5-15)10(9)7-14/h8-10,15H,4-7H2,1-3H3,(H,13,16)/t8?,9-,10+. The van der Waals surface area contributed by atoms with Crippen LogP contribution in [0.3, 0.4) is 0 Å². The van der Waals surface area contributed by atoms with E-state index in [0.29, 0.717) is 17.8 Å². The van der Waals surface area contributed by atoms with Crippen LogP contribution in [-0.2, 0) is 4.74 Å². The first kappa shape index (κ1) is 12.6. The third-order valence-corrected chi connectivity index (χ3v) is 3.48. The number of nitrogens with one attached hydrogen (secondary N) is 1. The van der Waals surface area contributed by atoms with Gasteiger partial charge >= 0.3 is 6.09 Å². The van der Waals surface area contributed by atoms with Crippen molar-refractivity contribution in [3.8, 4) is 0 Å². The van der Waals surface area contributed by atoms with Crippen LogP contribution in [0.25, 0.3) is 0 Å². The molecule has 2 rings (SSSR count). The SMILES string of the molecule is CC(C)(C)OC(=O)NN1C[C@@H]2C(CCO)[C@@H]2C1. The van der Waals surface area contributed by atoms with Gasteiger partial charge < -0.3 is 9.84 Å². The molecule has 3 atom stereocenters. The van der Waals surface area contributed by atoms with Gasteiger partial charge in [0.1, 0.15) is 5.60 Å². The van der Waals surface area contributed by atoms with Crippen LogP contribution in [0.2, 0.25) is 0 Å². The van der Waals surface area contributed by atoms with E-state index in [2.05, 4.69) is 5.43 Å². The van der Waals surface area contributed by atoms with Crippen molar-refractivity contribution in [1.82, 2.24) is 10.4 Å². The fourth-order valence-corrected chi connectivity index (χ4v) is 2.75. The maximum Gasteiger partial charge on any atom is 0.422 e. The number of aliphatic hydroxyl groups excluding tert-OH is 1. The number of hydrogen-bond donors (Lipinski definition) is 2. The van der Waals surface area contributed by atoms with Crippen LogP contribution in [0, 0.1) is 17.8 Å². The first-order chi connectivity index (χ1) is 7.90. The number of piperidine rings is 1. The minimum absolute atomic E-state index is 0.275. The summed E-state index contributed by atoms with van der Waals surface area (Å²) in [5.41, 5.74) is 2.32. The second kappa shape index (κ2) is 4.46. The molecule has 1 aliphatic carbocycles. The predicted molar refractivity (Wildman–Crippen MR) is 63.1 cm³/mol. The summed E-state index contributed by atoms with van der Waals surface area (Å²) in [6.45, 7) is 7.60. The minimum atomic E-state index is -0.452. The van der Waals surface area contributed by atoms with Gasteiger partial charge in [0.2, 0.25) is 0 Å². The van der Waals surface area contributed by atoms with Crippen LogP contribution in [0.5, 0.6) is 0 Å². The van der Waals surface area contributed by atoms with E-state index in [-0.39, 0.29) is 12.7 Å². The van der Waals surface area contributed by atoms with E-state index in [9.17, 15) is 4.79 Å². The molecule has 1 saturated carbocycles. The number of carbonyl (C=O) groups is 1. The fourth-order valence-electron chi connectivity index (χ4n) is 2.75. The van der Waals surface area contributed by atoms with Crippen molar-refractivity contribution in [2.45, 2.75) is 32.8 Å². The highest BCUT2D eigenvalue weighted by Gasteiger charge is 2.55. The summed E-state index contributed by atoms with van der Waals surface area (Å²) in [5, 5.41) is 10.8. The molecule has 2 fully saturated rings. The van der Waals surface area contributed by atoms with Gasteiger partial charge in [-0.1, -0.05) is 0 Å². The van der Waals surface area contributed by atoms with Crippen LogP contribution in [0.15, 0.2) is 0 Å². The average Bonchev–Trinajstić information content (AvgIpc) is 2.65. The Bertz CT molecular complexity index is 289. The zero-order valence-electron chi connectivity index (χ0n) is 10.8. The second-order valence-corrected chi connectivity index (χ2v) is 6.02. The van der Waals surface area contributed by atoms with Crippen LogP contribution in [0.4, 0.5) is 4.79 Å². The Balaban J connectivity index is 1.69. The Morgan fingerprint density at radius 2 is 2.00 bits per heavy atom. The molecule has 0 spiro atoms. The molecule has 0 radical (unpaired) electrons. The molecule has 5 heteroatoms. The zero-order valence-corrected chi connectivity index (χ0v) is 10.8. The van der Waals surface area contributed by atoms with E-state index in [0.717, 1.165) is 19.5 Å². The van der Waals surface area contributed by atoms with Crippen molar-refractivity contribution in [2.24, 2.45) is 17.8 Å². The van der Waals surface area contributed by atoms with Gasteiger partial charge in [-0.15, -0.1) is 0 Å². The Morgan fingerprint density at radius 1 is 1.41 bits per heavy atom. The van der Waals surface area contributed by atoms with Crippen molar-refractivity contribution in [2.75, 3.05) is 19.7 Å². The van der Waals surface area contributed by atoms with Crippen molar-refractivity contribution in [3.63, 3.8) is 0 Å². The van der Waals surface area contributed by atoms with Gasteiger partial charge in [0.15, 0.2) is 0 Å². The number of hydrogen-bond acceptors (Lipinski definition) is 4. The quantitative estimate of drug-likeness (QED) is 0.774. The Morgan fingerprint density at radius 3 is 2.47 bits per heavy atom. The van der Waals surface area contributed by atoms with E-state index in [1.165, 1.54) is 0 Å². The van der Waals surface area contributed by atoms with Gasteiger partial charge in [-0.3, -0.25) is 5.43 Å². The molecule has 1 amide bonds. The lowest BCUT2D eigenvalue weighted by atomic mass is 10.2. The number of carbonyl (C=O) groups excluding carboxylic acids is 1. The normalized spacial score (nSPS) is 32.1. The molecule has 5 nitrogen and oxygen atoms in total. The summed E-state index contributed by atoms with van der Waals surface area (Å²) in [5.74, 6) is 1.96. The summed E-state index contributed by atoms with van der Waals surface area (Å²) in [7, 11) is 0. The topological polar surface area (TPSA) is 61.8 Å². The Kier molecular flexibility index (Phi) is 3.32. The number of rotatable bonds is 3. The number of ether oxygens (including phenoxy) is 1. The Hall–Kier alpha value is -0.810. The molecule has 1 unspecified atom stereocenters. The third kappa shape index (κ3) is 3.10. The highest BCUT2D eigenvalue weighted by atomic mass is 16.6. The molecular formula is C12H22N2O3. The molecular weight excluding hydrogens is 220 g/mol. The van der Waals surface area contributed by atoms with Crippen LogP contribution in [-0.4, -0.2) is 41.5 Å². The van der Waals surface area contributed by atoms with E-state index in [4.69, 9.17) is 9.84 Å². The third-order valence-electron chi connectivity index (χ3n) is 3.48. The largest absolute Gasteiger partial charge is 0.443 e. The van der Waals surface area contributed by atoms with Gasteiger partial charge in [-0.25, -0.2) is 9.80 Å². The summed E-state index contributed by atoms with van der Waals surface area (Å²) in [4.78, 5) is 11.5. The second-order valence-electron chi connectivity index (χ2n) is 6.02. The summed E-state index contributed by atoms with van der Waals surface area (Å²) >= 11 is 0. The number of hydrazine groups is 1. The summed E-state index contributed by atoms with van der Waals surface area (Å²) in [6, 6.07) is 0. The first-order valence-electron chi connectivity index (χ1n) is 6.26. The van der Waals surface area contributed by atoms with Gasteiger partial charge in [-0.05, 0) is 44.9 Å². The fraction of sp³-hybridized carbons (Fsp3) is 0.917.